The first-order valence-electron chi connectivity index (χ1n) is 5.93. The van der Waals surface area contributed by atoms with Crippen LogP contribution in [0.3, 0.4) is 0 Å². The number of aliphatic hydroxyl groups excluding tert-OH is 1. The predicted molar refractivity (Wildman–Crippen MR) is 70.3 cm³/mol. The second-order valence-electron chi connectivity index (χ2n) is 4.03. The molecule has 4 N–H and O–H groups in total. The molecule has 2 atom stereocenters. The molecule has 1 rings (SSSR count). The maximum atomic E-state index is 11.4. The zero-order chi connectivity index (χ0) is 14.4. The van der Waals surface area contributed by atoms with Gasteiger partial charge >= 0.3 is 5.97 Å². The largest absolute Gasteiger partial charge is 0.465 e. The number of ether oxygens (including phenoxy) is 1. The SMILES string of the molecule is CCOC(=O)C(N)C(O)c1ccc(NC(C)=O)cc1. The third kappa shape index (κ3) is 4.35. The number of aliphatic hydroxyl groups is 1. The van der Waals surface area contributed by atoms with Crippen molar-refractivity contribution in [3.05, 3.63) is 29.8 Å². The highest BCUT2D eigenvalue weighted by Crippen LogP contribution is 2.19. The van der Waals surface area contributed by atoms with Crippen LogP contribution in [0.4, 0.5) is 5.69 Å². The lowest BCUT2D eigenvalue weighted by molar-refractivity contribution is -0.147. The van der Waals surface area contributed by atoms with Gasteiger partial charge in [0, 0.05) is 12.6 Å². The zero-order valence-corrected chi connectivity index (χ0v) is 10.9. The Labute approximate surface area is 111 Å². The lowest BCUT2D eigenvalue weighted by Crippen LogP contribution is -2.38. The van der Waals surface area contributed by atoms with Gasteiger partial charge in [0.2, 0.25) is 5.91 Å². The molecule has 0 heterocycles. The van der Waals surface area contributed by atoms with Gasteiger partial charge < -0.3 is 20.9 Å². The van der Waals surface area contributed by atoms with E-state index in [4.69, 9.17) is 10.5 Å². The fourth-order valence-corrected chi connectivity index (χ4v) is 1.54. The van der Waals surface area contributed by atoms with Crippen LogP contribution in [-0.4, -0.2) is 29.6 Å². The molecule has 104 valence electrons. The highest BCUT2D eigenvalue weighted by atomic mass is 16.5. The van der Waals surface area contributed by atoms with Crippen molar-refractivity contribution in [1.29, 1.82) is 0 Å². The van der Waals surface area contributed by atoms with Gasteiger partial charge in [-0.05, 0) is 24.6 Å². The van der Waals surface area contributed by atoms with Crippen LogP contribution in [0.5, 0.6) is 0 Å². The summed E-state index contributed by atoms with van der Waals surface area (Å²) in [4.78, 5) is 22.3. The summed E-state index contributed by atoms with van der Waals surface area (Å²) in [7, 11) is 0. The van der Waals surface area contributed by atoms with E-state index in [1.54, 1.807) is 31.2 Å². The molecule has 0 bridgehead atoms. The van der Waals surface area contributed by atoms with Crippen molar-refractivity contribution >= 4 is 17.6 Å². The number of nitrogens with one attached hydrogen (secondary N) is 1. The molecular weight excluding hydrogens is 248 g/mol. The quantitative estimate of drug-likeness (QED) is 0.676. The van der Waals surface area contributed by atoms with E-state index in [0.717, 1.165) is 0 Å². The average molecular weight is 266 g/mol. The van der Waals surface area contributed by atoms with Crippen LogP contribution in [0.15, 0.2) is 24.3 Å². The van der Waals surface area contributed by atoms with Gasteiger partial charge in [0.15, 0.2) is 0 Å². The smallest absolute Gasteiger partial charge is 0.325 e. The number of amides is 1. The monoisotopic (exact) mass is 266 g/mol. The molecule has 0 aliphatic heterocycles. The molecule has 0 radical (unpaired) electrons. The Morgan fingerprint density at radius 3 is 2.42 bits per heavy atom. The van der Waals surface area contributed by atoms with E-state index in [-0.39, 0.29) is 12.5 Å². The highest BCUT2D eigenvalue weighted by Gasteiger charge is 2.25. The van der Waals surface area contributed by atoms with E-state index in [0.29, 0.717) is 11.3 Å². The molecule has 0 spiro atoms. The Morgan fingerprint density at radius 1 is 1.37 bits per heavy atom. The summed E-state index contributed by atoms with van der Waals surface area (Å²) in [5, 5.41) is 12.5. The van der Waals surface area contributed by atoms with Crippen molar-refractivity contribution < 1.29 is 19.4 Å². The molecule has 0 aliphatic carbocycles. The van der Waals surface area contributed by atoms with Crippen LogP contribution in [0.25, 0.3) is 0 Å². The number of carbonyl (C=O) groups excluding carboxylic acids is 2. The van der Waals surface area contributed by atoms with Gasteiger partial charge in [-0.25, -0.2) is 0 Å². The van der Waals surface area contributed by atoms with Gasteiger partial charge in [0.1, 0.15) is 12.1 Å². The molecular formula is C13H18N2O4. The first kappa shape index (κ1) is 15.1. The number of hydrogen-bond acceptors (Lipinski definition) is 5. The van der Waals surface area contributed by atoms with Crippen LogP contribution in [-0.2, 0) is 14.3 Å². The van der Waals surface area contributed by atoms with Gasteiger partial charge in [-0.3, -0.25) is 9.59 Å². The second-order valence-corrected chi connectivity index (χ2v) is 4.03. The summed E-state index contributed by atoms with van der Waals surface area (Å²) in [6.45, 7) is 3.28. The number of carbonyl (C=O) groups is 2. The Kier molecular flexibility index (Phi) is 5.47. The third-order valence-corrected chi connectivity index (χ3v) is 2.47. The summed E-state index contributed by atoms with van der Waals surface area (Å²) >= 11 is 0. The normalized spacial score (nSPS) is 13.5. The van der Waals surface area contributed by atoms with Crippen molar-refractivity contribution in [2.24, 2.45) is 5.73 Å². The number of rotatable bonds is 5. The lowest BCUT2D eigenvalue weighted by Gasteiger charge is -2.17. The predicted octanol–water partition coefficient (Wildman–Crippen LogP) is 0.569. The van der Waals surface area contributed by atoms with Crippen LogP contribution in [0.2, 0.25) is 0 Å². The first-order chi connectivity index (χ1) is 8.95. The minimum Gasteiger partial charge on any atom is -0.465 e. The number of hydrogen-bond donors (Lipinski definition) is 3. The molecule has 0 saturated heterocycles. The summed E-state index contributed by atoms with van der Waals surface area (Å²) in [6, 6.07) is 5.30. The van der Waals surface area contributed by atoms with E-state index in [2.05, 4.69) is 5.32 Å². The molecule has 0 aliphatic rings. The molecule has 1 aromatic rings. The molecule has 2 unspecified atom stereocenters. The number of nitrogens with two attached hydrogens (primary N) is 1. The molecule has 0 aromatic heterocycles. The zero-order valence-electron chi connectivity index (χ0n) is 10.9. The van der Waals surface area contributed by atoms with Gasteiger partial charge in [-0.1, -0.05) is 12.1 Å². The Morgan fingerprint density at radius 2 is 1.95 bits per heavy atom. The Balaban J connectivity index is 2.74. The minimum atomic E-state index is -1.15. The fourth-order valence-electron chi connectivity index (χ4n) is 1.54. The van der Waals surface area contributed by atoms with Crippen LogP contribution in [0.1, 0.15) is 25.5 Å². The molecule has 0 saturated carbocycles. The van der Waals surface area contributed by atoms with Gasteiger partial charge in [0.05, 0.1) is 6.61 Å². The van der Waals surface area contributed by atoms with Gasteiger partial charge in [-0.15, -0.1) is 0 Å². The summed E-state index contributed by atoms with van der Waals surface area (Å²) < 4.78 is 4.74. The summed E-state index contributed by atoms with van der Waals surface area (Å²) in [5.41, 5.74) is 6.69. The molecule has 0 fully saturated rings. The average Bonchev–Trinajstić information content (AvgIpc) is 2.37. The number of esters is 1. The van der Waals surface area contributed by atoms with E-state index in [1.165, 1.54) is 6.92 Å². The fraction of sp³-hybridized carbons (Fsp3) is 0.385. The molecule has 6 heteroatoms. The molecule has 19 heavy (non-hydrogen) atoms. The first-order valence-corrected chi connectivity index (χ1v) is 5.93. The van der Waals surface area contributed by atoms with Crippen molar-refractivity contribution in [2.45, 2.75) is 26.0 Å². The van der Waals surface area contributed by atoms with Crippen LogP contribution >= 0.6 is 0 Å². The topological polar surface area (TPSA) is 102 Å². The lowest BCUT2D eigenvalue weighted by atomic mass is 10.0. The van der Waals surface area contributed by atoms with Crippen molar-refractivity contribution in [1.82, 2.24) is 0 Å². The van der Waals surface area contributed by atoms with Crippen molar-refractivity contribution in [2.75, 3.05) is 11.9 Å². The van der Waals surface area contributed by atoms with E-state index < -0.39 is 18.1 Å². The Hall–Kier alpha value is -1.92. The molecule has 6 nitrogen and oxygen atoms in total. The summed E-state index contributed by atoms with van der Waals surface area (Å²) in [5.74, 6) is -0.836. The Bertz CT molecular complexity index is 444. The number of benzene rings is 1. The maximum Gasteiger partial charge on any atom is 0.325 e. The molecule has 1 aromatic carbocycles. The third-order valence-electron chi connectivity index (χ3n) is 2.47. The van der Waals surface area contributed by atoms with Crippen LogP contribution in [0, 0.1) is 0 Å². The van der Waals surface area contributed by atoms with Crippen molar-refractivity contribution in [3.63, 3.8) is 0 Å². The molecule has 1 amide bonds. The van der Waals surface area contributed by atoms with E-state index >= 15 is 0 Å². The highest BCUT2D eigenvalue weighted by molar-refractivity contribution is 5.88. The standard InChI is InChI=1S/C13H18N2O4/c1-3-19-13(18)11(14)12(17)9-4-6-10(7-5-9)15-8(2)16/h4-7,11-12,17H,3,14H2,1-2H3,(H,15,16). The number of anilines is 1. The maximum absolute atomic E-state index is 11.4. The van der Waals surface area contributed by atoms with Gasteiger partial charge in [-0.2, -0.15) is 0 Å². The van der Waals surface area contributed by atoms with E-state index in [9.17, 15) is 14.7 Å². The minimum absolute atomic E-state index is 0.184. The second kappa shape index (κ2) is 6.86. The van der Waals surface area contributed by atoms with Crippen molar-refractivity contribution in [3.8, 4) is 0 Å². The van der Waals surface area contributed by atoms with Gasteiger partial charge in [0.25, 0.3) is 0 Å². The van der Waals surface area contributed by atoms with E-state index in [1.807, 2.05) is 0 Å². The summed E-state index contributed by atoms with van der Waals surface area (Å²) in [6.07, 6.45) is -1.15. The van der Waals surface area contributed by atoms with Crippen LogP contribution < -0.4 is 11.1 Å².